The quantitative estimate of drug-likeness (QED) is 0.711. The van der Waals surface area contributed by atoms with Crippen LogP contribution in [-0.4, -0.2) is 40.3 Å². The van der Waals surface area contributed by atoms with E-state index in [1.807, 2.05) is 6.92 Å². The van der Waals surface area contributed by atoms with Gasteiger partial charge in [0, 0.05) is 25.3 Å². The maximum Gasteiger partial charge on any atom is 0.251 e. The Morgan fingerprint density at radius 1 is 1.38 bits per heavy atom. The first-order chi connectivity index (χ1) is 9.83. The second-order valence-corrected chi connectivity index (χ2v) is 6.53. The van der Waals surface area contributed by atoms with Gasteiger partial charge in [-0.05, 0) is 31.5 Å². The lowest BCUT2D eigenvalue weighted by Crippen LogP contribution is -2.25. The molecule has 0 aromatic heterocycles. The predicted octanol–water partition coefficient (Wildman–Crippen LogP) is 1.87. The van der Waals surface area contributed by atoms with Crippen LogP contribution in [0, 0.1) is 0 Å². The summed E-state index contributed by atoms with van der Waals surface area (Å²) >= 11 is 5.89. The topological polar surface area (TPSA) is 84.5 Å². The molecule has 0 fully saturated rings. The highest BCUT2D eigenvalue weighted by Crippen LogP contribution is 2.23. The minimum absolute atomic E-state index is 0.182. The third kappa shape index (κ3) is 6.79. The number of halogens is 1. The van der Waals surface area contributed by atoms with Crippen molar-refractivity contribution in [1.82, 2.24) is 5.32 Å². The zero-order valence-corrected chi connectivity index (χ0v) is 13.6. The van der Waals surface area contributed by atoms with Crippen molar-refractivity contribution in [2.24, 2.45) is 0 Å². The van der Waals surface area contributed by atoms with Gasteiger partial charge >= 0.3 is 0 Å². The molecule has 0 radical (unpaired) electrons. The molecule has 0 bridgehead atoms. The number of carbonyl (C=O) groups excluding carboxylic acids is 1. The number of hydrogen-bond acceptors (Lipinski definition) is 4. The van der Waals surface area contributed by atoms with Gasteiger partial charge in [-0.15, -0.1) is 0 Å². The lowest BCUT2D eigenvalue weighted by molar-refractivity contribution is 0.0944. The highest BCUT2D eigenvalue weighted by molar-refractivity contribution is 7.92. The Morgan fingerprint density at radius 2 is 2.10 bits per heavy atom. The van der Waals surface area contributed by atoms with Crippen LogP contribution in [0.2, 0.25) is 5.02 Å². The Hall–Kier alpha value is -1.31. The van der Waals surface area contributed by atoms with Crippen molar-refractivity contribution in [3.05, 3.63) is 28.8 Å². The number of rotatable bonds is 8. The van der Waals surface area contributed by atoms with Crippen molar-refractivity contribution in [1.29, 1.82) is 0 Å². The largest absolute Gasteiger partial charge is 0.382 e. The van der Waals surface area contributed by atoms with Crippen LogP contribution in [0.1, 0.15) is 23.7 Å². The minimum atomic E-state index is -3.45. The number of anilines is 1. The molecule has 0 aliphatic carbocycles. The molecule has 0 saturated carbocycles. The lowest BCUT2D eigenvalue weighted by Gasteiger charge is -2.09. The summed E-state index contributed by atoms with van der Waals surface area (Å²) in [5.41, 5.74) is 0.517. The molecule has 0 heterocycles. The Labute approximate surface area is 129 Å². The smallest absolute Gasteiger partial charge is 0.251 e. The molecule has 0 saturated heterocycles. The van der Waals surface area contributed by atoms with Gasteiger partial charge in [-0.25, -0.2) is 8.42 Å². The van der Waals surface area contributed by atoms with Gasteiger partial charge in [-0.2, -0.15) is 0 Å². The molecule has 21 heavy (non-hydrogen) atoms. The number of nitrogens with one attached hydrogen (secondary N) is 2. The van der Waals surface area contributed by atoms with Gasteiger partial charge in [-0.3, -0.25) is 9.52 Å². The summed E-state index contributed by atoms with van der Waals surface area (Å²) in [6.07, 6.45) is 1.73. The van der Waals surface area contributed by atoms with E-state index in [0.29, 0.717) is 31.7 Å². The second kappa shape index (κ2) is 8.21. The number of benzene rings is 1. The van der Waals surface area contributed by atoms with Gasteiger partial charge in [0.2, 0.25) is 10.0 Å². The summed E-state index contributed by atoms with van der Waals surface area (Å²) in [5.74, 6) is -0.292. The molecule has 0 aliphatic rings. The first kappa shape index (κ1) is 17.7. The summed E-state index contributed by atoms with van der Waals surface area (Å²) in [7, 11) is -3.45. The summed E-state index contributed by atoms with van der Waals surface area (Å²) in [5, 5.41) is 2.96. The molecule has 2 N–H and O–H groups in total. The van der Waals surface area contributed by atoms with Crippen LogP contribution in [0.5, 0.6) is 0 Å². The van der Waals surface area contributed by atoms with E-state index in [2.05, 4.69) is 10.0 Å². The fourth-order valence-corrected chi connectivity index (χ4v) is 2.36. The molecule has 8 heteroatoms. The van der Waals surface area contributed by atoms with E-state index in [9.17, 15) is 13.2 Å². The van der Waals surface area contributed by atoms with Crippen LogP contribution in [-0.2, 0) is 14.8 Å². The van der Waals surface area contributed by atoms with Gasteiger partial charge < -0.3 is 10.1 Å². The van der Waals surface area contributed by atoms with E-state index in [-0.39, 0.29) is 16.6 Å². The van der Waals surface area contributed by atoms with Gasteiger partial charge in [0.05, 0.1) is 17.0 Å². The van der Waals surface area contributed by atoms with Gasteiger partial charge in [-0.1, -0.05) is 11.6 Å². The SMILES string of the molecule is CCOCCCNC(=O)c1ccc(Cl)c(NS(C)(=O)=O)c1. The monoisotopic (exact) mass is 334 g/mol. The second-order valence-electron chi connectivity index (χ2n) is 4.38. The Bertz CT molecular complexity index is 590. The van der Waals surface area contributed by atoms with E-state index in [1.54, 1.807) is 0 Å². The summed E-state index contributed by atoms with van der Waals surface area (Å²) < 4.78 is 29.9. The summed E-state index contributed by atoms with van der Waals surface area (Å²) in [6.45, 7) is 3.61. The number of ether oxygens (including phenoxy) is 1. The maximum absolute atomic E-state index is 11.9. The standard InChI is InChI=1S/C13H19ClN2O4S/c1-3-20-8-4-7-15-13(17)10-5-6-11(14)12(9-10)16-21(2,18)19/h5-6,9,16H,3-4,7-8H2,1-2H3,(H,15,17). The van der Waals surface area contributed by atoms with Crippen LogP contribution < -0.4 is 10.0 Å². The van der Waals surface area contributed by atoms with Crippen molar-refractivity contribution < 1.29 is 17.9 Å². The molecule has 0 aliphatic heterocycles. The van der Waals surface area contributed by atoms with Crippen molar-refractivity contribution in [2.45, 2.75) is 13.3 Å². The molecule has 0 atom stereocenters. The Balaban J connectivity index is 2.66. The van der Waals surface area contributed by atoms with Crippen LogP contribution in [0.25, 0.3) is 0 Å². The molecular weight excluding hydrogens is 316 g/mol. The molecule has 118 valence electrons. The highest BCUT2D eigenvalue weighted by Gasteiger charge is 2.11. The first-order valence-electron chi connectivity index (χ1n) is 6.46. The molecule has 0 spiro atoms. The fraction of sp³-hybridized carbons (Fsp3) is 0.462. The van der Waals surface area contributed by atoms with Crippen molar-refractivity contribution in [3.63, 3.8) is 0 Å². The Morgan fingerprint density at radius 3 is 2.71 bits per heavy atom. The molecule has 1 rings (SSSR count). The zero-order valence-electron chi connectivity index (χ0n) is 12.0. The third-order valence-electron chi connectivity index (χ3n) is 2.48. The highest BCUT2D eigenvalue weighted by atomic mass is 35.5. The van der Waals surface area contributed by atoms with E-state index >= 15 is 0 Å². The molecule has 1 amide bonds. The average molecular weight is 335 g/mol. The molecule has 1 aromatic rings. The summed E-state index contributed by atoms with van der Waals surface area (Å²) in [6, 6.07) is 4.42. The maximum atomic E-state index is 11.9. The van der Waals surface area contributed by atoms with E-state index in [4.69, 9.17) is 16.3 Å². The van der Waals surface area contributed by atoms with Crippen LogP contribution in [0.15, 0.2) is 18.2 Å². The number of hydrogen-bond donors (Lipinski definition) is 2. The third-order valence-corrected chi connectivity index (χ3v) is 3.40. The first-order valence-corrected chi connectivity index (χ1v) is 8.73. The molecule has 0 unspecified atom stereocenters. The Kier molecular flexibility index (Phi) is 6.94. The van der Waals surface area contributed by atoms with Crippen molar-refractivity contribution in [3.8, 4) is 0 Å². The average Bonchev–Trinajstić information content (AvgIpc) is 2.39. The van der Waals surface area contributed by atoms with E-state index in [1.165, 1.54) is 18.2 Å². The van der Waals surface area contributed by atoms with Crippen molar-refractivity contribution >= 4 is 33.2 Å². The molecule has 6 nitrogen and oxygen atoms in total. The minimum Gasteiger partial charge on any atom is -0.382 e. The lowest BCUT2D eigenvalue weighted by atomic mass is 10.2. The zero-order chi connectivity index (χ0) is 15.9. The normalized spacial score (nSPS) is 11.2. The molecule has 1 aromatic carbocycles. The number of sulfonamides is 1. The number of carbonyl (C=O) groups is 1. The van der Waals surface area contributed by atoms with E-state index in [0.717, 1.165) is 6.26 Å². The van der Waals surface area contributed by atoms with E-state index < -0.39 is 10.0 Å². The van der Waals surface area contributed by atoms with Gasteiger partial charge in [0.25, 0.3) is 5.91 Å². The summed E-state index contributed by atoms with van der Waals surface area (Å²) in [4.78, 5) is 11.9. The van der Waals surface area contributed by atoms with Crippen LogP contribution >= 0.6 is 11.6 Å². The van der Waals surface area contributed by atoms with Crippen molar-refractivity contribution in [2.75, 3.05) is 30.7 Å². The predicted molar refractivity (Wildman–Crippen MR) is 83.4 cm³/mol. The van der Waals surface area contributed by atoms with Crippen LogP contribution in [0.4, 0.5) is 5.69 Å². The van der Waals surface area contributed by atoms with Crippen LogP contribution in [0.3, 0.4) is 0 Å². The number of amides is 1. The molecular formula is C13H19ClN2O4S. The van der Waals surface area contributed by atoms with Gasteiger partial charge in [0.1, 0.15) is 0 Å². The van der Waals surface area contributed by atoms with Gasteiger partial charge in [0.15, 0.2) is 0 Å². The fourth-order valence-electron chi connectivity index (χ4n) is 1.57.